The molecule has 1 fully saturated rings. The van der Waals surface area contributed by atoms with E-state index in [9.17, 15) is 4.79 Å². The van der Waals surface area contributed by atoms with E-state index in [1.807, 2.05) is 6.92 Å². The minimum atomic E-state index is -0.114. The molecular formula is C14H27NO2. The van der Waals surface area contributed by atoms with E-state index in [0.29, 0.717) is 6.04 Å². The Labute approximate surface area is 105 Å². The number of carbonyl (C=O) groups excluding carboxylic acids is 1. The maximum atomic E-state index is 11.3. The van der Waals surface area contributed by atoms with Crippen molar-refractivity contribution in [3.05, 3.63) is 0 Å². The van der Waals surface area contributed by atoms with Crippen LogP contribution in [0.15, 0.2) is 0 Å². The summed E-state index contributed by atoms with van der Waals surface area (Å²) < 4.78 is 4.72. The van der Waals surface area contributed by atoms with E-state index < -0.39 is 0 Å². The fraction of sp³-hybridized carbons (Fsp3) is 0.929. The number of nitrogens with one attached hydrogen (secondary N) is 1. The first kappa shape index (κ1) is 14.5. The maximum Gasteiger partial charge on any atom is 0.309 e. The number of hydrogen-bond donors (Lipinski definition) is 1. The smallest absolute Gasteiger partial charge is 0.309 e. The van der Waals surface area contributed by atoms with Crippen LogP contribution in [0.2, 0.25) is 0 Å². The van der Waals surface area contributed by atoms with E-state index in [0.717, 1.165) is 12.5 Å². The van der Waals surface area contributed by atoms with Crippen molar-refractivity contribution in [2.24, 2.45) is 11.8 Å². The zero-order valence-corrected chi connectivity index (χ0v) is 11.5. The van der Waals surface area contributed by atoms with Gasteiger partial charge in [0.15, 0.2) is 0 Å². The second kappa shape index (κ2) is 7.70. The maximum absolute atomic E-state index is 11.3. The lowest BCUT2D eigenvalue weighted by molar-refractivity contribution is -0.144. The van der Waals surface area contributed by atoms with Gasteiger partial charge >= 0.3 is 5.97 Å². The highest BCUT2D eigenvalue weighted by Gasteiger charge is 2.21. The summed E-state index contributed by atoms with van der Waals surface area (Å²) in [6.45, 7) is 4.93. The van der Waals surface area contributed by atoms with E-state index in [1.165, 1.54) is 45.6 Å². The van der Waals surface area contributed by atoms with Gasteiger partial charge < -0.3 is 10.1 Å². The highest BCUT2D eigenvalue weighted by atomic mass is 16.5. The topological polar surface area (TPSA) is 38.3 Å². The van der Waals surface area contributed by atoms with Crippen LogP contribution in [-0.4, -0.2) is 25.7 Å². The van der Waals surface area contributed by atoms with E-state index in [4.69, 9.17) is 4.74 Å². The zero-order valence-electron chi connectivity index (χ0n) is 11.5. The normalized spacial score (nSPS) is 26.5. The molecule has 0 aromatic heterocycles. The number of hydrogen-bond acceptors (Lipinski definition) is 3. The first-order chi connectivity index (χ1) is 8.17. The van der Waals surface area contributed by atoms with Gasteiger partial charge in [0.05, 0.1) is 13.0 Å². The lowest BCUT2D eigenvalue weighted by Crippen LogP contribution is -2.37. The second-order valence-electron chi connectivity index (χ2n) is 5.34. The minimum Gasteiger partial charge on any atom is -0.469 e. The molecule has 0 spiro atoms. The standard InChI is InChI=1S/C14H27NO2/c1-4-5-12-6-8-13(9-7-12)15-10-11(2)14(16)17-3/h11-13,15H,4-10H2,1-3H3. The fourth-order valence-corrected chi connectivity index (χ4v) is 2.69. The van der Waals surface area contributed by atoms with Crippen LogP contribution >= 0.6 is 0 Å². The Morgan fingerprint density at radius 3 is 2.53 bits per heavy atom. The fourth-order valence-electron chi connectivity index (χ4n) is 2.69. The molecule has 1 saturated carbocycles. The average Bonchev–Trinajstić information content (AvgIpc) is 2.37. The average molecular weight is 241 g/mol. The summed E-state index contributed by atoms with van der Waals surface area (Å²) in [6.07, 6.45) is 7.90. The lowest BCUT2D eigenvalue weighted by Gasteiger charge is -2.29. The Hall–Kier alpha value is -0.570. The zero-order chi connectivity index (χ0) is 12.7. The van der Waals surface area contributed by atoms with Crippen LogP contribution in [-0.2, 0) is 9.53 Å². The van der Waals surface area contributed by atoms with Crippen molar-refractivity contribution in [2.45, 2.75) is 58.4 Å². The van der Waals surface area contributed by atoms with Gasteiger partial charge in [0.2, 0.25) is 0 Å². The van der Waals surface area contributed by atoms with Crippen molar-refractivity contribution in [2.75, 3.05) is 13.7 Å². The van der Waals surface area contributed by atoms with Gasteiger partial charge in [-0.15, -0.1) is 0 Å². The summed E-state index contributed by atoms with van der Waals surface area (Å²) in [5.74, 6) is 0.793. The summed E-state index contributed by atoms with van der Waals surface area (Å²) in [5, 5.41) is 3.50. The third-order valence-corrected chi connectivity index (χ3v) is 3.86. The third kappa shape index (κ3) is 5.07. The van der Waals surface area contributed by atoms with Crippen molar-refractivity contribution in [3.8, 4) is 0 Å². The molecule has 100 valence electrons. The molecule has 3 nitrogen and oxygen atoms in total. The quantitative estimate of drug-likeness (QED) is 0.727. The van der Waals surface area contributed by atoms with E-state index in [2.05, 4.69) is 12.2 Å². The molecule has 0 aliphatic heterocycles. The van der Waals surface area contributed by atoms with Gasteiger partial charge in [-0.05, 0) is 31.6 Å². The van der Waals surface area contributed by atoms with Crippen LogP contribution in [0.1, 0.15) is 52.4 Å². The number of carbonyl (C=O) groups is 1. The van der Waals surface area contributed by atoms with Crippen molar-refractivity contribution in [3.63, 3.8) is 0 Å². The van der Waals surface area contributed by atoms with Crippen LogP contribution in [0.5, 0.6) is 0 Å². The molecule has 0 amide bonds. The predicted octanol–water partition coefficient (Wildman–Crippen LogP) is 2.74. The van der Waals surface area contributed by atoms with Gasteiger partial charge in [0.25, 0.3) is 0 Å². The number of rotatable bonds is 6. The molecule has 0 heterocycles. The van der Waals surface area contributed by atoms with Crippen LogP contribution in [0.4, 0.5) is 0 Å². The first-order valence-corrected chi connectivity index (χ1v) is 6.98. The summed E-state index contributed by atoms with van der Waals surface area (Å²) >= 11 is 0. The molecule has 1 aliphatic carbocycles. The van der Waals surface area contributed by atoms with Gasteiger partial charge in [-0.3, -0.25) is 4.79 Å². The third-order valence-electron chi connectivity index (χ3n) is 3.86. The van der Waals surface area contributed by atoms with Crippen LogP contribution in [0.3, 0.4) is 0 Å². The Balaban J connectivity index is 2.16. The Morgan fingerprint density at radius 2 is 2.00 bits per heavy atom. The highest BCUT2D eigenvalue weighted by molar-refractivity contribution is 5.72. The molecule has 0 bridgehead atoms. The van der Waals surface area contributed by atoms with E-state index in [1.54, 1.807) is 0 Å². The highest BCUT2D eigenvalue weighted by Crippen LogP contribution is 2.27. The van der Waals surface area contributed by atoms with Crippen molar-refractivity contribution in [1.29, 1.82) is 0 Å². The number of esters is 1. The molecule has 0 radical (unpaired) electrons. The minimum absolute atomic E-state index is 0.0339. The van der Waals surface area contributed by atoms with Gasteiger partial charge in [-0.2, -0.15) is 0 Å². The van der Waals surface area contributed by atoms with E-state index >= 15 is 0 Å². The van der Waals surface area contributed by atoms with Crippen LogP contribution in [0, 0.1) is 11.8 Å². The molecule has 0 aromatic carbocycles. The largest absolute Gasteiger partial charge is 0.469 e. The SMILES string of the molecule is CCCC1CCC(NCC(C)C(=O)OC)CC1. The molecule has 17 heavy (non-hydrogen) atoms. The Kier molecular flexibility index (Phi) is 6.56. The molecule has 0 aromatic rings. The Morgan fingerprint density at radius 1 is 1.35 bits per heavy atom. The van der Waals surface area contributed by atoms with Crippen molar-refractivity contribution in [1.82, 2.24) is 5.32 Å². The van der Waals surface area contributed by atoms with Gasteiger partial charge in [-0.1, -0.05) is 26.7 Å². The number of ether oxygens (including phenoxy) is 1. The summed E-state index contributed by atoms with van der Waals surface area (Å²) in [7, 11) is 1.45. The molecule has 1 rings (SSSR count). The van der Waals surface area contributed by atoms with Crippen LogP contribution < -0.4 is 5.32 Å². The van der Waals surface area contributed by atoms with Gasteiger partial charge in [-0.25, -0.2) is 0 Å². The van der Waals surface area contributed by atoms with E-state index in [-0.39, 0.29) is 11.9 Å². The molecule has 1 aliphatic rings. The Bertz CT molecular complexity index is 222. The molecule has 1 N–H and O–H groups in total. The molecule has 3 heteroatoms. The molecular weight excluding hydrogens is 214 g/mol. The molecule has 0 saturated heterocycles. The number of methoxy groups -OCH3 is 1. The lowest BCUT2D eigenvalue weighted by atomic mass is 9.83. The van der Waals surface area contributed by atoms with Gasteiger partial charge in [0, 0.05) is 12.6 Å². The van der Waals surface area contributed by atoms with Crippen molar-refractivity contribution < 1.29 is 9.53 Å². The molecule has 1 atom stereocenters. The monoisotopic (exact) mass is 241 g/mol. The van der Waals surface area contributed by atoms with Crippen molar-refractivity contribution >= 4 is 5.97 Å². The predicted molar refractivity (Wildman–Crippen MR) is 69.8 cm³/mol. The second-order valence-corrected chi connectivity index (χ2v) is 5.34. The van der Waals surface area contributed by atoms with Gasteiger partial charge in [0.1, 0.15) is 0 Å². The first-order valence-electron chi connectivity index (χ1n) is 6.98. The van der Waals surface area contributed by atoms with Crippen LogP contribution in [0.25, 0.3) is 0 Å². The summed E-state index contributed by atoms with van der Waals surface area (Å²) in [6, 6.07) is 0.607. The summed E-state index contributed by atoms with van der Waals surface area (Å²) in [4.78, 5) is 11.3. The molecule has 1 unspecified atom stereocenters. The summed E-state index contributed by atoms with van der Waals surface area (Å²) in [5.41, 5.74) is 0.